The van der Waals surface area contributed by atoms with Gasteiger partial charge in [0.05, 0.1) is 44.9 Å². The van der Waals surface area contributed by atoms with Crippen molar-refractivity contribution >= 4 is 0 Å². The van der Waals surface area contributed by atoms with Crippen molar-refractivity contribution in [2.75, 3.05) is 46.8 Å². The molecule has 108 valence electrons. The van der Waals surface area contributed by atoms with E-state index in [0.717, 1.165) is 0 Å². The second-order valence-corrected chi connectivity index (χ2v) is 3.62. The molecular weight excluding hydrogens is 250 g/mol. The Bertz CT molecular complexity index is 339. The molecule has 0 aliphatic rings. The van der Waals surface area contributed by atoms with Crippen molar-refractivity contribution in [3.8, 4) is 5.88 Å². The monoisotopic (exact) mass is 271 g/mol. The Labute approximate surface area is 113 Å². The van der Waals surface area contributed by atoms with E-state index in [1.165, 1.54) is 0 Å². The molecule has 0 radical (unpaired) electrons. The molecule has 0 aromatic carbocycles. The lowest BCUT2D eigenvalue weighted by Gasteiger charge is -2.07. The number of nitrogens with two attached hydrogens (primary N) is 1. The first-order valence-corrected chi connectivity index (χ1v) is 6.15. The molecule has 0 atom stereocenters. The summed E-state index contributed by atoms with van der Waals surface area (Å²) in [6.07, 6.45) is 3.16. The molecule has 0 spiro atoms. The number of methoxy groups -OCH3 is 1. The molecule has 1 heterocycles. The first-order chi connectivity index (χ1) is 9.36. The van der Waals surface area contributed by atoms with Gasteiger partial charge in [0.25, 0.3) is 0 Å². The average Bonchev–Trinajstić information content (AvgIpc) is 2.46. The zero-order valence-corrected chi connectivity index (χ0v) is 11.2. The SMILES string of the molecule is COCCOCCOCCOc1cncc(CN)n1. The summed E-state index contributed by atoms with van der Waals surface area (Å²) >= 11 is 0. The van der Waals surface area contributed by atoms with Gasteiger partial charge >= 0.3 is 0 Å². The molecule has 0 saturated carbocycles. The van der Waals surface area contributed by atoms with E-state index in [1.54, 1.807) is 19.5 Å². The van der Waals surface area contributed by atoms with E-state index in [4.69, 9.17) is 24.7 Å². The van der Waals surface area contributed by atoms with Gasteiger partial charge in [-0.1, -0.05) is 0 Å². The molecule has 1 aromatic rings. The number of rotatable bonds is 11. The zero-order valence-electron chi connectivity index (χ0n) is 11.2. The molecule has 7 heteroatoms. The maximum Gasteiger partial charge on any atom is 0.232 e. The summed E-state index contributed by atoms with van der Waals surface area (Å²) in [5.41, 5.74) is 6.16. The normalized spacial score (nSPS) is 10.6. The van der Waals surface area contributed by atoms with Gasteiger partial charge in [-0.2, -0.15) is 0 Å². The molecular formula is C12H21N3O4. The highest BCUT2D eigenvalue weighted by Gasteiger charge is 1.98. The van der Waals surface area contributed by atoms with E-state index >= 15 is 0 Å². The quantitative estimate of drug-likeness (QED) is 0.566. The first-order valence-electron chi connectivity index (χ1n) is 6.15. The van der Waals surface area contributed by atoms with Crippen LogP contribution in [0.4, 0.5) is 0 Å². The molecule has 2 N–H and O–H groups in total. The Morgan fingerprint density at radius 3 is 2.37 bits per heavy atom. The molecule has 19 heavy (non-hydrogen) atoms. The highest BCUT2D eigenvalue weighted by molar-refractivity contribution is 5.07. The second kappa shape index (κ2) is 10.6. The summed E-state index contributed by atoms with van der Waals surface area (Å²) in [6, 6.07) is 0. The number of hydrogen-bond donors (Lipinski definition) is 1. The molecule has 1 rings (SSSR count). The maximum absolute atomic E-state index is 5.46. The van der Waals surface area contributed by atoms with Crippen LogP contribution < -0.4 is 10.5 Å². The minimum Gasteiger partial charge on any atom is -0.474 e. The lowest BCUT2D eigenvalue weighted by Crippen LogP contribution is -2.13. The van der Waals surface area contributed by atoms with Crippen LogP contribution in [0, 0.1) is 0 Å². The van der Waals surface area contributed by atoms with Crippen LogP contribution in [0.1, 0.15) is 5.69 Å². The number of aromatic nitrogens is 2. The third kappa shape index (κ3) is 7.68. The van der Waals surface area contributed by atoms with Crippen molar-refractivity contribution < 1.29 is 18.9 Å². The zero-order chi connectivity index (χ0) is 13.8. The van der Waals surface area contributed by atoms with Crippen molar-refractivity contribution in [3.63, 3.8) is 0 Å². The molecule has 0 saturated heterocycles. The summed E-state index contributed by atoms with van der Waals surface area (Å²) < 4.78 is 20.8. The molecule has 0 aliphatic carbocycles. The van der Waals surface area contributed by atoms with Crippen LogP contribution in [0.3, 0.4) is 0 Å². The molecule has 0 aliphatic heterocycles. The van der Waals surface area contributed by atoms with Gasteiger partial charge in [-0.15, -0.1) is 0 Å². The van der Waals surface area contributed by atoms with Crippen LogP contribution in [-0.2, 0) is 20.8 Å². The average molecular weight is 271 g/mol. The summed E-state index contributed by atoms with van der Waals surface area (Å²) in [7, 11) is 1.64. The van der Waals surface area contributed by atoms with Crippen LogP contribution in [-0.4, -0.2) is 56.7 Å². The van der Waals surface area contributed by atoms with Crippen LogP contribution in [0.15, 0.2) is 12.4 Å². The predicted molar refractivity (Wildman–Crippen MR) is 68.9 cm³/mol. The maximum atomic E-state index is 5.46. The lowest BCUT2D eigenvalue weighted by molar-refractivity contribution is 0.0176. The molecule has 0 amide bonds. The first kappa shape index (κ1) is 15.8. The fraction of sp³-hybridized carbons (Fsp3) is 0.667. The van der Waals surface area contributed by atoms with Crippen molar-refractivity contribution in [2.24, 2.45) is 5.73 Å². The van der Waals surface area contributed by atoms with Crippen LogP contribution in [0.2, 0.25) is 0 Å². The second-order valence-electron chi connectivity index (χ2n) is 3.62. The molecule has 1 aromatic heterocycles. The van der Waals surface area contributed by atoms with Crippen LogP contribution >= 0.6 is 0 Å². The Morgan fingerprint density at radius 1 is 1.00 bits per heavy atom. The van der Waals surface area contributed by atoms with E-state index in [0.29, 0.717) is 57.8 Å². The summed E-state index contributed by atoms with van der Waals surface area (Å²) in [5.74, 6) is 0.461. The van der Waals surface area contributed by atoms with E-state index in [1.807, 2.05) is 0 Å². The number of hydrogen-bond acceptors (Lipinski definition) is 7. The van der Waals surface area contributed by atoms with E-state index in [-0.39, 0.29) is 0 Å². The van der Waals surface area contributed by atoms with Gasteiger partial charge in [-0.3, -0.25) is 4.98 Å². The van der Waals surface area contributed by atoms with Gasteiger partial charge in [-0.05, 0) is 0 Å². The van der Waals surface area contributed by atoms with Crippen LogP contribution in [0.25, 0.3) is 0 Å². The van der Waals surface area contributed by atoms with Crippen molar-refractivity contribution in [1.29, 1.82) is 0 Å². The van der Waals surface area contributed by atoms with E-state index < -0.39 is 0 Å². The smallest absolute Gasteiger partial charge is 0.232 e. The predicted octanol–water partition coefficient (Wildman–Crippen LogP) is -0.00630. The molecule has 7 nitrogen and oxygen atoms in total. The fourth-order valence-electron chi connectivity index (χ4n) is 1.22. The minimum absolute atomic E-state index is 0.347. The topological polar surface area (TPSA) is 88.7 Å². The van der Waals surface area contributed by atoms with Crippen molar-refractivity contribution in [1.82, 2.24) is 9.97 Å². The summed E-state index contributed by atoms with van der Waals surface area (Å²) in [6.45, 7) is 3.49. The molecule has 0 unspecified atom stereocenters. The number of ether oxygens (including phenoxy) is 4. The van der Waals surface area contributed by atoms with Crippen molar-refractivity contribution in [3.05, 3.63) is 18.1 Å². The van der Waals surface area contributed by atoms with E-state index in [2.05, 4.69) is 9.97 Å². The standard InChI is InChI=1S/C12H21N3O4/c1-16-2-3-17-4-5-18-6-7-19-12-10-14-9-11(8-13)15-12/h9-10H,2-8,13H2,1H3. The Kier molecular flexibility index (Phi) is 8.82. The van der Waals surface area contributed by atoms with Gasteiger partial charge in [0.15, 0.2) is 0 Å². The van der Waals surface area contributed by atoms with Gasteiger partial charge in [0.1, 0.15) is 6.61 Å². The fourth-order valence-corrected chi connectivity index (χ4v) is 1.22. The third-order valence-corrected chi connectivity index (χ3v) is 2.15. The van der Waals surface area contributed by atoms with Gasteiger partial charge in [0, 0.05) is 19.9 Å². The highest BCUT2D eigenvalue weighted by atomic mass is 16.6. The summed E-state index contributed by atoms with van der Waals surface area (Å²) in [5, 5.41) is 0. The van der Waals surface area contributed by atoms with E-state index in [9.17, 15) is 0 Å². The van der Waals surface area contributed by atoms with Gasteiger partial charge in [0.2, 0.25) is 5.88 Å². The molecule has 0 bridgehead atoms. The largest absolute Gasteiger partial charge is 0.474 e. The summed E-state index contributed by atoms with van der Waals surface area (Å²) in [4.78, 5) is 8.13. The Hall–Kier alpha value is -1.28. The number of nitrogens with zero attached hydrogens (tertiary/aromatic N) is 2. The Morgan fingerprint density at radius 2 is 1.68 bits per heavy atom. The van der Waals surface area contributed by atoms with Gasteiger partial charge < -0.3 is 24.7 Å². The third-order valence-electron chi connectivity index (χ3n) is 2.15. The molecule has 0 fully saturated rings. The van der Waals surface area contributed by atoms with Crippen molar-refractivity contribution in [2.45, 2.75) is 6.54 Å². The van der Waals surface area contributed by atoms with Gasteiger partial charge in [-0.25, -0.2) is 4.98 Å². The Balaban J connectivity index is 1.98. The van der Waals surface area contributed by atoms with Crippen LogP contribution in [0.5, 0.6) is 5.88 Å². The highest BCUT2D eigenvalue weighted by Crippen LogP contribution is 2.04. The lowest BCUT2D eigenvalue weighted by atomic mass is 10.4. The minimum atomic E-state index is 0.347.